The van der Waals surface area contributed by atoms with E-state index in [1.807, 2.05) is 0 Å². The van der Waals surface area contributed by atoms with Gasteiger partial charge >= 0.3 is 11.9 Å². The number of carbonyl (C=O) groups excluding carboxylic acids is 2. The zero-order chi connectivity index (χ0) is 17.0. The van der Waals surface area contributed by atoms with Crippen molar-refractivity contribution in [1.82, 2.24) is 0 Å². The molecule has 0 heterocycles. The summed E-state index contributed by atoms with van der Waals surface area (Å²) in [6, 6.07) is 8.21. The average molecular weight is 341 g/mol. The Hall–Kier alpha value is -1.89. The number of hydrogen-bond acceptors (Lipinski definition) is 6. The molecule has 2 rings (SSSR count). The van der Waals surface area contributed by atoms with Crippen LogP contribution in [0.15, 0.2) is 42.5 Å². The molecule has 1 aliphatic rings. The zero-order valence-electron chi connectivity index (χ0n) is 12.4. The van der Waals surface area contributed by atoms with Crippen molar-refractivity contribution in [1.29, 1.82) is 0 Å². The van der Waals surface area contributed by atoms with E-state index in [4.69, 9.17) is 21.1 Å². The van der Waals surface area contributed by atoms with E-state index in [0.717, 1.165) is 0 Å². The summed E-state index contributed by atoms with van der Waals surface area (Å²) in [5.74, 6) is -1.27. The monoisotopic (exact) mass is 340 g/mol. The smallest absolute Gasteiger partial charge is 0.338 e. The zero-order valence-corrected chi connectivity index (χ0v) is 13.1. The van der Waals surface area contributed by atoms with Crippen LogP contribution in [0.5, 0.6) is 0 Å². The fraction of sp³-hybridized carbons (Fsp3) is 0.375. The van der Waals surface area contributed by atoms with Crippen LogP contribution in [-0.4, -0.2) is 51.9 Å². The van der Waals surface area contributed by atoms with Gasteiger partial charge in [-0.2, -0.15) is 0 Å². The van der Waals surface area contributed by atoms with Crippen LogP contribution >= 0.6 is 11.6 Å². The number of esters is 2. The predicted molar refractivity (Wildman–Crippen MR) is 82.0 cm³/mol. The molecule has 0 aliphatic heterocycles. The summed E-state index contributed by atoms with van der Waals surface area (Å²) in [5.41, 5.74) is -1.67. The highest BCUT2D eigenvalue weighted by atomic mass is 35.5. The molecule has 1 aromatic carbocycles. The first-order chi connectivity index (χ1) is 10.8. The van der Waals surface area contributed by atoms with Crippen LogP contribution in [0.4, 0.5) is 0 Å². The molecule has 0 radical (unpaired) electrons. The second kappa shape index (κ2) is 7.12. The molecule has 4 atom stereocenters. The fourth-order valence-electron chi connectivity index (χ4n) is 2.23. The largest absolute Gasteiger partial charge is 0.459 e. The maximum Gasteiger partial charge on any atom is 0.338 e. The minimum atomic E-state index is -1.97. The molecule has 0 saturated carbocycles. The van der Waals surface area contributed by atoms with Gasteiger partial charge < -0.3 is 19.7 Å². The Balaban J connectivity index is 2.08. The first-order valence-electron chi connectivity index (χ1n) is 6.97. The second-order valence-corrected chi connectivity index (χ2v) is 5.71. The number of aliphatic hydroxyl groups is 2. The summed E-state index contributed by atoms with van der Waals surface area (Å²) >= 11 is 6.02. The van der Waals surface area contributed by atoms with E-state index in [2.05, 4.69) is 0 Å². The Morgan fingerprint density at radius 3 is 2.52 bits per heavy atom. The van der Waals surface area contributed by atoms with E-state index in [9.17, 15) is 19.8 Å². The number of halogens is 1. The first-order valence-corrected chi connectivity index (χ1v) is 7.40. The molecule has 0 amide bonds. The van der Waals surface area contributed by atoms with Gasteiger partial charge in [0.1, 0.15) is 24.4 Å². The van der Waals surface area contributed by atoms with Crippen LogP contribution in [0.2, 0.25) is 0 Å². The first kappa shape index (κ1) is 17.5. The maximum atomic E-state index is 11.9. The van der Waals surface area contributed by atoms with Gasteiger partial charge in [-0.1, -0.05) is 24.3 Å². The summed E-state index contributed by atoms with van der Waals surface area (Å²) in [4.78, 5) is 23.0. The van der Waals surface area contributed by atoms with Crippen molar-refractivity contribution in [3.63, 3.8) is 0 Å². The third-order valence-corrected chi connectivity index (χ3v) is 4.04. The lowest BCUT2D eigenvalue weighted by Gasteiger charge is -2.40. The van der Waals surface area contributed by atoms with Crippen molar-refractivity contribution in [2.45, 2.75) is 30.1 Å². The molecule has 23 heavy (non-hydrogen) atoms. The van der Waals surface area contributed by atoms with Gasteiger partial charge in [0.25, 0.3) is 0 Å². The van der Waals surface area contributed by atoms with Crippen molar-refractivity contribution in [2.24, 2.45) is 0 Å². The van der Waals surface area contributed by atoms with Crippen molar-refractivity contribution in [3.8, 4) is 0 Å². The number of alkyl halides is 1. The van der Waals surface area contributed by atoms with E-state index in [1.165, 1.54) is 19.1 Å². The van der Waals surface area contributed by atoms with Gasteiger partial charge in [-0.05, 0) is 18.2 Å². The van der Waals surface area contributed by atoms with E-state index < -0.39 is 41.7 Å². The number of carbonyl (C=O) groups is 2. The van der Waals surface area contributed by atoms with Gasteiger partial charge in [0.05, 0.1) is 10.9 Å². The van der Waals surface area contributed by atoms with Gasteiger partial charge in [0, 0.05) is 6.92 Å². The Morgan fingerprint density at radius 1 is 1.26 bits per heavy atom. The molecule has 0 spiro atoms. The Labute approximate surface area is 138 Å². The van der Waals surface area contributed by atoms with Crippen molar-refractivity contribution < 1.29 is 29.3 Å². The van der Waals surface area contributed by atoms with Crippen LogP contribution < -0.4 is 0 Å². The van der Waals surface area contributed by atoms with E-state index in [0.29, 0.717) is 5.56 Å². The van der Waals surface area contributed by atoms with Crippen molar-refractivity contribution in [3.05, 3.63) is 48.0 Å². The molecule has 6 nitrogen and oxygen atoms in total. The normalized spacial score (nSPS) is 29.8. The molecular formula is C16H17ClO6. The van der Waals surface area contributed by atoms with Gasteiger partial charge in [0.2, 0.25) is 0 Å². The third kappa shape index (κ3) is 3.90. The number of rotatable bonds is 4. The minimum absolute atomic E-state index is 0.305. The van der Waals surface area contributed by atoms with E-state index in [1.54, 1.807) is 30.3 Å². The maximum absolute atomic E-state index is 11.9. The standard InChI is InChI=1S/C16H17ClO6/c1-10(18)23-12-7-8-13(17)16(21,14(12)19)9-22-15(20)11-5-3-2-4-6-11/h2-8,12-14,19,21H,9H2,1H3/t12-,13-,14+,16-/m0/s1. The topological polar surface area (TPSA) is 93.1 Å². The molecule has 0 aromatic heterocycles. The summed E-state index contributed by atoms with van der Waals surface area (Å²) < 4.78 is 9.96. The minimum Gasteiger partial charge on any atom is -0.459 e. The Bertz CT molecular complexity index is 602. The molecule has 124 valence electrons. The molecule has 7 heteroatoms. The highest BCUT2D eigenvalue weighted by Gasteiger charge is 2.49. The highest BCUT2D eigenvalue weighted by molar-refractivity contribution is 6.22. The molecule has 0 unspecified atom stereocenters. The second-order valence-electron chi connectivity index (χ2n) is 5.24. The molecular weight excluding hydrogens is 324 g/mol. The summed E-state index contributed by atoms with van der Waals surface area (Å²) in [5, 5.41) is 19.8. The molecule has 2 N–H and O–H groups in total. The molecule has 0 bridgehead atoms. The number of hydrogen-bond donors (Lipinski definition) is 2. The van der Waals surface area contributed by atoms with Crippen molar-refractivity contribution >= 4 is 23.5 Å². The lowest BCUT2D eigenvalue weighted by atomic mass is 9.84. The number of benzene rings is 1. The SMILES string of the molecule is CC(=O)O[C@H]1C=C[C@H](Cl)[C@@](O)(COC(=O)c2ccccc2)[C@@H]1O. The summed E-state index contributed by atoms with van der Waals surface area (Å²) in [6.45, 7) is 0.639. The molecule has 1 aliphatic carbocycles. The van der Waals surface area contributed by atoms with E-state index >= 15 is 0 Å². The third-order valence-electron chi connectivity index (χ3n) is 3.52. The van der Waals surface area contributed by atoms with Crippen LogP contribution in [0.25, 0.3) is 0 Å². The van der Waals surface area contributed by atoms with Crippen LogP contribution in [0.3, 0.4) is 0 Å². The van der Waals surface area contributed by atoms with Gasteiger partial charge in [0.15, 0.2) is 0 Å². The Kier molecular flexibility index (Phi) is 5.41. The molecule has 1 aromatic rings. The summed E-state index contributed by atoms with van der Waals surface area (Å²) in [6.07, 6.45) is 0.181. The molecule has 0 saturated heterocycles. The van der Waals surface area contributed by atoms with Gasteiger partial charge in [-0.3, -0.25) is 4.79 Å². The predicted octanol–water partition coefficient (Wildman–Crippen LogP) is 1.04. The number of ether oxygens (including phenoxy) is 2. The lowest BCUT2D eigenvalue weighted by molar-refractivity contribution is -0.169. The van der Waals surface area contributed by atoms with Gasteiger partial charge in [-0.15, -0.1) is 11.6 Å². The number of aliphatic hydroxyl groups excluding tert-OH is 1. The fourth-order valence-corrected chi connectivity index (χ4v) is 2.50. The highest BCUT2D eigenvalue weighted by Crippen LogP contribution is 2.31. The van der Waals surface area contributed by atoms with Crippen LogP contribution in [0, 0.1) is 0 Å². The quantitative estimate of drug-likeness (QED) is 0.483. The van der Waals surface area contributed by atoms with Crippen LogP contribution in [0.1, 0.15) is 17.3 Å². The van der Waals surface area contributed by atoms with E-state index in [-0.39, 0.29) is 0 Å². The van der Waals surface area contributed by atoms with Crippen molar-refractivity contribution in [2.75, 3.05) is 6.61 Å². The van der Waals surface area contributed by atoms with Gasteiger partial charge in [-0.25, -0.2) is 4.79 Å². The summed E-state index contributed by atoms with van der Waals surface area (Å²) in [7, 11) is 0. The Morgan fingerprint density at radius 2 is 1.91 bits per heavy atom. The van der Waals surface area contributed by atoms with Crippen LogP contribution in [-0.2, 0) is 14.3 Å². The molecule has 0 fully saturated rings. The lowest BCUT2D eigenvalue weighted by Crippen LogP contribution is -2.60. The average Bonchev–Trinajstić information content (AvgIpc) is 2.54.